The number of thiophene rings is 1. The van der Waals surface area contributed by atoms with Crippen LogP contribution in [0.15, 0.2) is 11.4 Å². The summed E-state index contributed by atoms with van der Waals surface area (Å²) in [6, 6.07) is 1.93. The van der Waals surface area contributed by atoms with Crippen LogP contribution in [0.25, 0.3) is 0 Å². The highest BCUT2D eigenvalue weighted by Crippen LogP contribution is 2.16. The quantitative estimate of drug-likeness (QED) is 0.824. The second kappa shape index (κ2) is 4.77. The van der Waals surface area contributed by atoms with Gasteiger partial charge in [-0.25, -0.2) is 0 Å². The number of aryl methyl sites for hydroxylation is 1. The van der Waals surface area contributed by atoms with E-state index in [-0.39, 0.29) is 17.9 Å². The Morgan fingerprint density at radius 1 is 1.60 bits per heavy atom. The monoisotopic (exact) mass is 227 g/mol. The Morgan fingerprint density at radius 2 is 2.27 bits per heavy atom. The SMILES string of the molecule is Cc1ccsc1C(=O)NCC(C)(C)CO. The molecule has 1 aromatic heterocycles. The molecule has 1 amide bonds. The predicted octanol–water partition coefficient (Wildman–Crippen LogP) is 1.80. The topological polar surface area (TPSA) is 49.3 Å². The van der Waals surface area contributed by atoms with E-state index in [0.29, 0.717) is 6.54 Å². The van der Waals surface area contributed by atoms with Gasteiger partial charge in [0.25, 0.3) is 5.91 Å². The molecule has 0 aliphatic carbocycles. The molecule has 4 heteroatoms. The number of aliphatic hydroxyl groups is 1. The summed E-state index contributed by atoms with van der Waals surface area (Å²) in [6.45, 7) is 6.29. The molecule has 0 radical (unpaired) electrons. The lowest BCUT2D eigenvalue weighted by Crippen LogP contribution is -2.35. The fraction of sp³-hybridized carbons (Fsp3) is 0.545. The smallest absolute Gasteiger partial charge is 0.261 e. The van der Waals surface area contributed by atoms with Crippen LogP contribution >= 0.6 is 11.3 Å². The summed E-state index contributed by atoms with van der Waals surface area (Å²) in [5, 5.41) is 13.8. The zero-order chi connectivity index (χ0) is 11.5. The molecule has 1 aromatic rings. The van der Waals surface area contributed by atoms with Crippen LogP contribution in [0, 0.1) is 12.3 Å². The number of amides is 1. The Kier molecular flexibility index (Phi) is 3.88. The molecule has 0 unspecified atom stereocenters. The normalized spacial score (nSPS) is 11.5. The molecule has 0 aliphatic rings. The molecule has 3 nitrogen and oxygen atoms in total. The number of aliphatic hydroxyl groups excluding tert-OH is 1. The van der Waals surface area contributed by atoms with Gasteiger partial charge in [-0.3, -0.25) is 4.79 Å². The molecule has 1 rings (SSSR count). The van der Waals surface area contributed by atoms with Gasteiger partial charge >= 0.3 is 0 Å². The van der Waals surface area contributed by atoms with Gasteiger partial charge in [0, 0.05) is 18.6 Å². The summed E-state index contributed by atoms with van der Waals surface area (Å²) in [6.07, 6.45) is 0. The number of carbonyl (C=O) groups is 1. The van der Waals surface area contributed by atoms with E-state index in [0.717, 1.165) is 10.4 Å². The molecular weight excluding hydrogens is 210 g/mol. The minimum absolute atomic E-state index is 0.0518. The lowest BCUT2D eigenvalue weighted by atomic mass is 9.95. The van der Waals surface area contributed by atoms with E-state index in [1.165, 1.54) is 11.3 Å². The first kappa shape index (κ1) is 12.2. The molecule has 0 aliphatic heterocycles. The summed E-state index contributed by atoms with van der Waals surface area (Å²) in [5.41, 5.74) is 0.736. The van der Waals surface area contributed by atoms with E-state index in [1.54, 1.807) is 0 Å². The van der Waals surface area contributed by atoms with Gasteiger partial charge in [-0.15, -0.1) is 11.3 Å². The van der Waals surface area contributed by atoms with Crippen LogP contribution in [0.5, 0.6) is 0 Å². The standard InChI is InChI=1S/C11H17NO2S/c1-8-4-5-15-9(8)10(14)12-6-11(2,3)7-13/h4-5,13H,6-7H2,1-3H3,(H,12,14). The van der Waals surface area contributed by atoms with Crippen LogP contribution < -0.4 is 5.32 Å². The van der Waals surface area contributed by atoms with Crippen LogP contribution in [0.2, 0.25) is 0 Å². The van der Waals surface area contributed by atoms with Crippen molar-refractivity contribution in [2.45, 2.75) is 20.8 Å². The first-order valence-electron chi connectivity index (χ1n) is 4.89. The van der Waals surface area contributed by atoms with Crippen molar-refractivity contribution >= 4 is 17.2 Å². The zero-order valence-electron chi connectivity index (χ0n) is 9.33. The van der Waals surface area contributed by atoms with E-state index in [2.05, 4.69) is 5.32 Å². The van der Waals surface area contributed by atoms with Gasteiger partial charge in [0.1, 0.15) is 0 Å². The van der Waals surface area contributed by atoms with E-state index < -0.39 is 0 Å². The van der Waals surface area contributed by atoms with E-state index >= 15 is 0 Å². The molecule has 0 fully saturated rings. The van der Waals surface area contributed by atoms with Crippen LogP contribution in [-0.4, -0.2) is 24.2 Å². The van der Waals surface area contributed by atoms with E-state index in [4.69, 9.17) is 5.11 Å². The average molecular weight is 227 g/mol. The predicted molar refractivity (Wildman–Crippen MR) is 62.3 cm³/mol. The second-order valence-electron chi connectivity index (χ2n) is 4.44. The average Bonchev–Trinajstić information content (AvgIpc) is 2.61. The molecular formula is C11H17NO2S. The molecule has 1 heterocycles. The van der Waals surface area contributed by atoms with Gasteiger partial charge in [0.15, 0.2) is 0 Å². The maximum Gasteiger partial charge on any atom is 0.261 e. The summed E-state index contributed by atoms with van der Waals surface area (Å²) in [4.78, 5) is 12.5. The third-order valence-corrected chi connectivity index (χ3v) is 3.24. The van der Waals surface area contributed by atoms with Crippen LogP contribution in [0.1, 0.15) is 29.1 Å². The van der Waals surface area contributed by atoms with E-state index in [9.17, 15) is 4.79 Å². The van der Waals surface area contributed by atoms with Crippen molar-refractivity contribution in [3.8, 4) is 0 Å². The van der Waals surface area contributed by atoms with Crippen LogP contribution in [0.4, 0.5) is 0 Å². The van der Waals surface area contributed by atoms with Gasteiger partial charge < -0.3 is 10.4 Å². The van der Waals surface area contributed by atoms with Gasteiger partial charge in [-0.05, 0) is 23.9 Å². The number of hydrogen-bond acceptors (Lipinski definition) is 3. The molecule has 0 aromatic carbocycles. The second-order valence-corrected chi connectivity index (χ2v) is 5.35. The fourth-order valence-electron chi connectivity index (χ4n) is 1.06. The minimum atomic E-state index is -0.263. The molecule has 2 N–H and O–H groups in total. The highest BCUT2D eigenvalue weighted by Gasteiger charge is 2.18. The summed E-state index contributed by atoms with van der Waals surface area (Å²) in [5.74, 6) is -0.0518. The summed E-state index contributed by atoms with van der Waals surface area (Å²) in [7, 11) is 0. The molecule has 0 bridgehead atoms. The third kappa shape index (κ3) is 3.32. The first-order chi connectivity index (χ1) is 6.96. The number of nitrogens with one attached hydrogen (secondary N) is 1. The Bertz CT molecular complexity index is 344. The molecule has 0 saturated heterocycles. The lowest BCUT2D eigenvalue weighted by molar-refractivity contribution is 0.0914. The number of rotatable bonds is 4. The highest BCUT2D eigenvalue weighted by atomic mass is 32.1. The van der Waals surface area contributed by atoms with Crippen molar-refractivity contribution in [2.24, 2.45) is 5.41 Å². The Morgan fingerprint density at radius 3 is 2.73 bits per heavy atom. The molecule has 84 valence electrons. The largest absolute Gasteiger partial charge is 0.396 e. The molecule has 0 spiro atoms. The van der Waals surface area contributed by atoms with Crippen LogP contribution in [0.3, 0.4) is 0 Å². The van der Waals surface area contributed by atoms with Gasteiger partial charge in [-0.1, -0.05) is 13.8 Å². The minimum Gasteiger partial charge on any atom is -0.396 e. The van der Waals surface area contributed by atoms with Crippen molar-refractivity contribution in [3.05, 3.63) is 21.9 Å². The third-order valence-electron chi connectivity index (χ3n) is 2.22. The van der Waals surface area contributed by atoms with Crippen LogP contribution in [-0.2, 0) is 0 Å². The summed E-state index contributed by atoms with van der Waals surface area (Å²) < 4.78 is 0. The lowest BCUT2D eigenvalue weighted by Gasteiger charge is -2.21. The zero-order valence-corrected chi connectivity index (χ0v) is 10.1. The highest BCUT2D eigenvalue weighted by molar-refractivity contribution is 7.12. The van der Waals surface area contributed by atoms with Gasteiger partial charge in [0.2, 0.25) is 0 Å². The maximum absolute atomic E-state index is 11.7. The van der Waals surface area contributed by atoms with Gasteiger partial charge in [-0.2, -0.15) is 0 Å². The van der Waals surface area contributed by atoms with Crippen molar-refractivity contribution in [1.29, 1.82) is 0 Å². The number of carbonyl (C=O) groups excluding carboxylic acids is 1. The van der Waals surface area contributed by atoms with Crippen molar-refractivity contribution in [1.82, 2.24) is 5.32 Å². The molecule has 0 atom stereocenters. The Balaban J connectivity index is 2.55. The Labute approximate surface area is 94.1 Å². The molecule has 0 saturated carbocycles. The molecule has 15 heavy (non-hydrogen) atoms. The van der Waals surface area contributed by atoms with E-state index in [1.807, 2.05) is 32.2 Å². The number of hydrogen-bond donors (Lipinski definition) is 2. The van der Waals surface area contributed by atoms with Gasteiger partial charge in [0.05, 0.1) is 4.88 Å². The fourth-order valence-corrected chi connectivity index (χ4v) is 1.90. The van der Waals surface area contributed by atoms with Crippen molar-refractivity contribution in [2.75, 3.05) is 13.2 Å². The maximum atomic E-state index is 11.7. The summed E-state index contributed by atoms with van der Waals surface area (Å²) >= 11 is 1.44. The van der Waals surface area contributed by atoms with Crippen molar-refractivity contribution < 1.29 is 9.90 Å². The van der Waals surface area contributed by atoms with Crippen molar-refractivity contribution in [3.63, 3.8) is 0 Å². The first-order valence-corrected chi connectivity index (χ1v) is 5.77. The Hall–Kier alpha value is -0.870.